The predicted octanol–water partition coefficient (Wildman–Crippen LogP) is 3.96. The summed E-state index contributed by atoms with van der Waals surface area (Å²) in [6.45, 7) is 2.02. The van der Waals surface area contributed by atoms with E-state index in [1.165, 1.54) is 12.1 Å². The molecule has 4 nitrogen and oxygen atoms in total. The molecule has 1 N–H and O–H groups in total. The van der Waals surface area contributed by atoms with Crippen molar-refractivity contribution < 1.29 is 4.39 Å². The Kier molecular flexibility index (Phi) is 3.82. The lowest BCUT2D eigenvalue weighted by molar-refractivity contribution is 0.627. The first kappa shape index (κ1) is 15.2. The summed E-state index contributed by atoms with van der Waals surface area (Å²) in [4.78, 5) is 8.75. The van der Waals surface area contributed by atoms with E-state index >= 15 is 0 Å². The molecule has 1 aromatic heterocycles. The number of nitrogens with one attached hydrogen (secondary N) is 1. The Morgan fingerprint density at radius 3 is 2.56 bits per heavy atom. The molecular formula is C20H15FN4. The third-order valence-corrected chi connectivity index (χ3v) is 3.98. The second-order valence-corrected chi connectivity index (χ2v) is 5.80. The summed E-state index contributed by atoms with van der Waals surface area (Å²) >= 11 is 0. The summed E-state index contributed by atoms with van der Waals surface area (Å²) < 4.78 is 13.9. The van der Waals surface area contributed by atoms with Gasteiger partial charge < -0.3 is 0 Å². The SMILES string of the molecule is Cc1ccc(C2=NNC(c3cccnc3)=Nc3ccc(F)cc32)cc1. The molecule has 0 aliphatic carbocycles. The Hall–Kier alpha value is -3.34. The van der Waals surface area contributed by atoms with Gasteiger partial charge in [0.2, 0.25) is 0 Å². The van der Waals surface area contributed by atoms with Crippen LogP contribution >= 0.6 is 0 Å². The van der Waals surface area contributed by atoms with Gasteiger partial charge in [0.25, 0.3) is 0 Å². The molecule has 4 rings (SSSR count). The molecule has 0 fully saturated rings. The van der Waals surface area contributed by atoms with E-state index in [0.717, 1.165) is 16.7 Å². The van der Waals surface area contributed by atoms with Gasteiger partial charge in [0.05, 0.1) is 5.69 Å². The van der Waals surface area contributed by atoms with Crippen molar-refractivity contribution in [2.45, 2.75) is 6.92 Å². The molecule has 0 saturated heterocycles. The van der Waals surface area contributed by atoms with Crippen molar-refractivity contribution in [3.8, 4) is 0 Å². The highest BCUT2D eigenvalue weighted by atomic mass is 19.1. The number of benzene rings is 2. The van der Waals surface area contributed by atoms with E-state index in [1.54, 1.807) is 18.5 Å². The van der Waals surface area contributed by atoms with Crippen LogP contribution in [-0.4, -0.2) is 16.5 Å². The molecule has 2 heterocycles. The largest absolute Gasteiger partial charge is 0.264 e. The highest BCUT2D eigenvalue weighted by molar-refractivity contribution is 6.17. The van der Waals surface area contributed by atoms with Crippen LogP contribution in [-0.2, 0) is 0 Å². The monoisotopic (exact) mass is 330 g/mol. The second kappa shape index (κ2) is 6.28. The van der Waals surface area contributed by atoms with Gasteiger partial charge in [0, 0.05) is 29.1 Å². The zero-order chi connectivity index (χ0) is 17.2. The molecule has 5 heteroatoms. The Morgan fingerprint density at radius 1 is 0.960 bits per heavy atom. The quantitative estimate of drug-likeness (QED) is 0.773. The maximum absolute atomic E-state index is 13.9. The molecule has 0 bridgehead atoms. The maximum atomic E-state index is 13.9. The molecule has 0 spiro atoms. The summed E-state index contributed by atoms with van der Waals surface area (Å²) in [5.74, 6) is 0.252. The standard InChI is InChI=1S/C20H15FN4/c1-13-4-6-14(7-5-13)19-17-11-16(21)8-9-18(17)23-20(25-24-19)15-3-2-10-22-12-15/h2-12H,1H3,(H,23,25). The average molecular weight is 330 g/mol. The minimum Gasteiger partial charge on any atom is -0.264 e. The number of aliphatic imine (C=N–C) groups is 1. The van der Waals surface area contributed by atoms with Crippen LogP contribution in [0.2, 0.25) is 0 Å². The molecule has 3 aromatic rings. The number of hydrogen-bond acceptors (Lipinski definition) is 4. The Bertz CT molecular complexity index is 976. The molecule has 2 aromatic carbocycles. The number of fused-ring (bicyclic) bond motifs is 1. The average Bonchev–Trinajstić information content (AvgIpc) is 2.83. The van der Waals surface area contributed by atoms with E-state index in [0.29, 0.717) is 22.8 Å². The second-order valence-electron chi connectivity index (χ2n) is 5.80. The van der Waals surface area contributed by atoms with Crippen LogP contribution in [0.25, 0.3) is 0 Å². The number of rotatable bonds is 2. The number of nitrogens with zero attached hydrogens (tertiary/aromatic N) is 3. The molecule has 1 aliphatic heterocycles. The molecule has 0 saturated carbocycles. The van der Waals surface area contributed by atoms with Crippen molar-refractivity contribution in [1.82, 2.24) is 10.4 Å². The minimum atomic E-state index is -0.321. The van der Waals surface area contributed by atoms with Crippen molar-refractivity contribution in [3.05, 3.63) is 95.1 Å². The van der Waals surface area contributed by atoms with Crippen molar-refractivity contribution in [1.29, 1.82) is 0 Å². The van der Waals surface area contributed by atoms with Crippen LogP contribution in [0.3, 0.4) is 0 Å². The topological polar surface area (TPSA) is 49.6 Å². The third kappa shape index (κ3) is 3.04. The lowest BCUT2D eigenvalue weighted by atomic mass is 10.00. The Labute approximate surface area is 144 Å². The van der Waals surface area contributed by atoms with Gasteiger partial charge in [-0.25, -0.2) is 9.38 Å². The summed E-state index contributed by atoms with van der Waals surface area (Å²) in [5.41, 5.74) is 7.82. The molecule has 25 heavy (non-hydrogen) atoms. The highest BCUT2D eigenvalue weighted by Gasteiger charge is 2.18. The van der Waals surface area contributed by atoms with Crippen molar-refractivity contribution in [2.75, 3.05) is 0 Å². The summed E-state index contributed by atoms with van der Waals surface area (Å²) in [6.07, 6.45) is 3.41. The van der Waals surface area contributed by atoms with Crippen molar-refractivity contribution >= 4 is 17.2 Å². The summed E-state index contributed by atoms with van der Waals surface area (Å²) in [5, 5.41) is 4.50. The van der Waals surface area contributed by atoms with Gasteiger partial charge in [-0.05, 0) is 37.3 Å². The van der Waals surface area contributed by atoms with Crippen LogP contribution in [0.15, 0.2) is 77.1 Å². The Morgan fingerprint density at radius 2 is 1.80 bits per heavy atom. The third-order valence-electron chi connectivity index (χ3n) is 3.98. The fourth-order valence-corrected chi connectivity index (χ4v) is 2.67. The lowest BCUT2D eigenvalue weighted by Gasteiger charge is -2.08. The van der Waals surface area contributed by atoms with E-state index in [4.69, 9.17) is 0 Å². The molecule has 0 unspecified atom stereocenters. The van der Waals surface area contributed by atoms with Crippen LogP contribution in [0, 0.1) is 12.7 Å². The van der Waals surface area contributed by atoms with Gasteiger partial charge in [0.1, 0.15) is 11.5 Å². The molecule has 0 amide bonds. The number of pyridine rings is 1. The van der Waals surface area contributed by atoms with Gasteiger partial charge in [-0.15, -0.1) is 0 Å². The summed E-state index contributed by atoms with van der Waals surface area (Å²) in [6, 6.07) is 16.2. The zero-order valence-corrected chi connectivity index (χ0v) is 13.6. The van der Waals surface area contributed by atoms with Crippen LogP contribution in [0.5, 0.6) is 0 Å². The van der Waals surface area contributed by atoms with E-state index < -0.39 is 0 Å². The van der Waals surface area contributed by atoms with Gasteiger partial charge in [0.15, 0.2) is 5.84 Å². The fraction of sp³-hybridized carbons (Fsp3) is 0.0500. The van der Waals surface area contributed by atoms with Crippen molar-refractivity contribution in [3.63, 3.8) is 0 Å². The van der Waals surface area contributed by atoms with E-state index in [9.17, 15) is 4.39 Å². The number of amidine groups is 1. The van der Waals surface area contributed by atoms with Gasteiger partial charge in [-0.3, -0.25) is 10.4 Å². The first-order chi connectivity index (χ1) is 12.2. The van der Waals surface area contributed by atoms with Crippen LogP contribution < -0.4 is 5.43 Å². The smallest absolute Gasteiger partial charge is 0.155 e. The number of halogens is 1. The fourth-order valence-electron chi connectivity index (χ4n) is 2.67. The highest BCUT2D eigenvalue weighted by Crippen LogP contribution is 2.26. The number of hydrogen-bond donors (Lipinski definition) is 1. The molecule has 0 atom stereocenters. The zero-order valence-electron chi connectivity index (χ0n) is 13.6. The first-order valence-corrected chi connectivity index (χ1v) is 7.90. The number of aryl methyl sites for hydroxylation is 1. The molecular weight excluding hydrogens is 315 g/mol. The van der Waals surface area contributed by atoms with E-state index in [2.05, 4.69) is 20.5 Å². The lowest BCUT2D eigenvalue weighted by Crippen LogP contribution is -2.19. The van der Waals surface area contributed by atoms with Gasteiger partial charge >= 0.3 is 0 Å². The molecule has 1 aliphatic rings. The first-order valence-electron chi connectivity index (χ1n) is 7.90. The maximum Gasteiger partial charge on any atom is 0.155 e. The van der Waals surface area contributed by atoms with Crippen LogP contribution in [0.1, 0.15) is 22.3 Å². The Balaban J connectivity index is 1.87. The summed E-state index contributed by atoms with van der Waals surface area (Å²) in [7, 11) is 0. The number of hydrazone groups is 1. The van der Waals surface area contributed by atoms with Crippen molar-refractivity contribution in [2.24, 2.45) is 10.1 Å². The van der Waals surface area contributed by atoms with Crippen LogP contribution in [0.4, 0.5) is 10.1 Å². The predicted molar refractivity (Wildman–Crippen MR) is 96.8 cm³/mol. The molecule has 0 radical (unpaired) electrons. The molecule has 122 valence electrons. The number of aromatic nitrogens is 1. The van der Waals surface area contributed by atoms with Gasteiger partial charge in [-0.1, -0.05) is 29.8 Å². The normalized spacial score (nSPS) is 13.2. The minimum absolute atomic E-state index is 0.321. The van der Waals surface area contributed by atoms with Gasteiger partial charge in [-0.2, -0.15) is 5.10 Å². The van der Waals surface area contributed by atoms with E-state index in [-0.39, 0.29) is 5.82 Å². The van der Waals surface area contributed by atoms with E-state index in [1.807, 2.05) is 43.3 Å².